The van der Waals surface area contributed by atoms with E-state index in [0.29, 0.717) is 27.1 Å². The number of aryl methyl sites for hydroxylation is 1. The molecule has 0 aromatic heterocycles. The molecule has 122 valence electrons. The minimum absolute atomic E-state index is 0.352. The van der Waals surface area contributed by atoms with Crippen LogP contribution < -0.4 is 5.32 Å². The van der Waals surface area contributed by atoms with Crippen molar-refractivity contribution in [1.82, 2.24) is 4.90 Å². The molecule has 0 aliphatic rings. The predicted molar refractivity (Wildman–Crippen MR) is 97.3 cm³/mol. The Morgan fingerprint density at radius 2 is 1.91 bits per heavy atom. The van der Waals surface area contributed by atoms with Gasteiger partial charge in [-0.1, -0.05) is 29.3 Å². The number of nitrogens with one attached hydrogen (secondary N) is 1. The maximum absolute atomic E-state index is 13.8. The number of benzene rings is 2. The summed E-state index contributed by atoms with van der Waals surface area (Å²) in [5.74, 6) is -0.352. The molecule has 0 amide bonds. The van der Waals surface area contributed by atoms with Gasteiger partial charge in [0, 0.05) is 13.6 Å². The number of hydrogen-bond donors (Lipinski definition) is 1. The highest BCUT2D eigenvalue weighted by Crippen LogP contribution is 2.36. The fourth-order valence-corrected chi connectivity index (χ4v) is 2.27. The van der Waals surface area contributed by atoms with Crippen LogP contribution in [0.5, 0.6) is 0 Å². The van der Waals surface area contributed by atoms with Crippen molar-refractivity contribution < 1.29 is 4.39 Å². The summed E-state index contributed by atoms with van der Waals surface area (Å²) in [5, 5.41) is 3.83. The first kappa shape index (κ1) is 17.6. The van der Waals surface area contributed by atoms with Gasteiger partial charge in [-0.2, -0.15) is 0 Å². The molecule has 2 aromatic rings. The van der Waals surface area contributed by atoms with Gasteiger partial charge in [-0.3, -0.25) is 0 Å². The van der Waals surface area contributed by atoms with Gasteiger partial charge >= 0.3 is 0 Å². The van der Waals surface area contributed by atoms with Gasteiger partial charge < -0.3 is 10.2 Å². The summed E-state index contributed by atoms with van der Waals surface area (Å²) in [6.07, 6.45) is 1.69. The van der Waals surface area contributed by atoms with Crippen molar-refractivity contribution in [2.45, 2.75) is 13.8 Å². The van der Waals surface area contributed by atoms with Crippen LogP contribution in [0, 0.1) is 12.7 Å². The molecule has 0 atom stereocenters. The molecule has 2 rings (SSSR count). The molecule has 0 fully saturated rings. The Balaban J connectivity index is 2.29. The SMILES string of the molecule is CCN(C)C=Nc1cc(Cl)c(Nc2cc(C)ccc2F)cc1Cl. The van der Waals surface area contributed by atoms with Gasteiger partial charge in [0.1, 0.15) is 5.82 Å². The third-order valence-electron chi connectivity index (χ3n) is 3.32. The third-order valence-corrected chi connectivity index (χ3v) is 3.94. The Hall–Kier alpha value is -1.78. The van der Waals surface area contributed by atoms with E-state index in [0.717, 1.165) is 12.1 Å². The third kappa shape index (κ3) is 4.60. The number of anilines is 2. The zero-order valence-electron chi connectivity index (χ0n) is 13.2. The quantitative estimate of drug-likeness (QED) is 0.543. The summed E-state index contributed by atoms with van der Waals surface area (Å²) >= 11 is 12.5. The smallest absolute Gasteiger partial charge is 0.146 e. The van der Waals surface area contributed by atoms with E-state index in [1.807, 2.05) is 25.8 Å². The van der Waals surface area contributed by atoms with Crippen LogP contribution >= 0.6 is 23.2 Å². The molecule has 0 spiro atoms. The zero-order chi connectivity index (χ0) is 17.0. The normalized spacial score (nSPS) is 11.0. The van der Waals surface area contributed by atoms with E-state index in [1.54, 1.807) is 30.6 Å². The van der Waals surface area contributed by atoms with Crippen molar-refractivity contribution >= 4 is 46.6 Å². The molecule has 0 unspecified atom stereocenters. The van der Waals surface area contributed by atoms with Crippen LogP contribution in [0.2, 0.25) is 10.0 Å². The number of aliphatic imine (C=N–C) groups is 1. The fraction of sp³-hybridized carbons (Fsp3) is 0.235. The van der Waals surface area contributed by atoms with E-state index in [1.165, 1.54) is 6.07 Å². The Kier molecular flexibility index (Phi) is 5.85. The average molecular weight is 354 g/mol. The molecule has 2 aromatic carbocycles. The fourth-order valence-electron chi connectivity index (χ4n) is 1.85. The van der Waals surface area contributed by atoms with Crippen LogP contribution in [0.25, 0.3) is 0 Å². The Morgan fingerprint density at radius 1 is 1.17 bits per heavy atom. The van der Waals surface area contributed by atoms with Crippen molar-refractivity contribution in [1.29, 1.82) is 0 Å². The maximum atomic E-state index is 13.8. The second-order valence-corrected chi connectivity index (χ2v) is 6.02. The van der Waals surface area contributed by atoms with Crippen LogP contribution in [-0.2, 0) is 0 Å². The standard InChI is InChI=1S/C17H18Cl2FN3/c1-4-23(3)10-21-15-8-13(19)16(9-12(15)18)22-17-7-11(2)5-6-14(17)20/h5-10,22H,4H2,1-3H3. The first-order valence-electron chi connectivity index (χ1n) is 7.17. The van der Waals surface area contributed by atoms with E-state index in [4.69, 9.17) is 23.2 Å². The van der Waals surface area contributed by atoms with E-state index in [2.05, 4.69) is 10.3 Å². The topological polar surface area (TPSA) is 27.6 Å². The molecule has 1 N–H and O–H groups in total. The second kappa shape index (κ2) is 7.66. The lowest BCUT2D eigenvalue weighted by Crippen LogP contribution is -2.14. The molecule has 0 saturated heterocycles. The first-order valence-corrected chi connectivity index (χ1v) is 7.93. The molecule has 3 nitrogen and oxygen atoms in total. The molecule has 0 bridgehead atoms. The van der Waals surface area contributed by atoms with Crippen LogP contribution in [-0.4, -0.2) is 24.8 Å². The number of hydrogen-bond acceptors (Lipinski definition) is 2. The Morgan fingerprint density at radius 3 is 2.61 bits per heavy atom. The van der Waals surface area contributed by atoms with Gasteiger partial charge in [0.2, 0.25) is 0 Å². The summed E-state index contributed by atoms with van der Waals surface area (Å²) in [6.45, 7) is 4.74. The molecular formula is C17H18Cl2FN3. The molecule has 0 heterocycles. The summed E-state index contributed by atoms with van der Waals surface area (Å²) in [4.78, 5) is 6.22. The zero-order valence-corrected chi connectivity index (χ0v) is 14.7. The first-order chi connectivity index (χ1) is 10.9. The summed E-state index contributed by atoms with van der Waals surface area (Å²) in [7, 11) is 1.91. The maximum Gasteiger partial charge on any atom is 0.146 e. The highest BCUT2D eigenvalue weighted by Gasteiger charge is 2.09. The Labute approximate surface area is 145 Å². The summed E-state index contributed by atoms with van der Waals surface area (Å²) < 4.78 is 13.8. The second-order valence-electron chi connectivity index (χ2n) is 5.21. The molecule has 0 aliphatic carbocycles. The monoisotopic (exact) mass is 353 g/mol. The molecule has 0 aliphatic heterocycles. The van der Waals surface area contributed by atoms with E-state index >= 15 is 0 Å². The van der Waals surface area contributed by atoms with Gasteiger partial charge in [0.05, 0.1) is 33.4 Å². The Bertz CT molecular complexity index is 732. The minimum Gasteiger partial charge on any atom is -0.366 e. The molecule has 0 radical (unpaired) electrons. The van der Waals surface area contributed by atoms with Crippen molar-refractivity contribution in [3.8, 4) is 0 Å². The van der Waals surface area contributed by atoms with Crippen LogP contribution in [0.3, 0.4) is 0 Å². The van der Waals surface area contributed by atoms with Crippen LogP contribution in [0.4, 0.5) is 21.5 Å². The lowest BCUT2D eigenvalue weighted by Gasteiger charge is -2.12. The summed E-state index contributed by atoms with van der Waals surface area (Å²) in [5.41, 5.74) is 2.39. The van der Waals surface area contributed by atoms with Gasteiger partial charge in [0.15, 0.2) is 0 Å². The van der Waals surface area contributed by atoms with E-state index in [9.17, 15) is 4.39 Å². The largest absolute Gasteiger partial charge is 0.366 e. The molecule has 23 heavy (non-hydrogen) atoms. The minimum atomic E-state index is -0.352. The van der Waals surface area contributed by atoms with E-state index in [-0.39, 0.29) is 5.82 Å². The van der Waals surface area contributed by atoms with Crippen molar-refractivity contribution in [2.24, 2.45) is 4.99 Å². The number of halogens is 3. The molecule has 0 saturated carbocycles. The predicted octanol–water partition coefficient (Wildman–Crippen LogP) is 5.80. The highest BCUT2D eigenvalue weighted by atomic mass is 35.5. The van der Waals surface area contributed by atoms with Crippen molar-refractivity contribution in [2.75, 3.05) is 18.9 Å². The van der Waals surface area contributed by atoms with Gasteiger partial charge in [-0.15, -0.1) is 0 Å². The van der Waals surface area contributed by atoms with Gasteiger partial charge in [0.25, 0.3) is 0 Å². The molecule has 6 heteroatoms. The van der Waals surface area contributed by atoms with Crippen LogP contribution in [0.15, 0.2) is 35.3 Å². The van der Waals surface area contributed by atoms with Gasteiger partial charge in [-0.25, -0.2) is 9.38 Å². The lowest BCUT2D eigenvalue weighted by atomic mass is 10.2. The van der Waals surface area contributed by atoms with Crippen molar-refractivity contribution in [3.63, 3.8) is 0 Å². The molecular weight excluding hydrogens is 336 g/mol. The van der Waals surface area contributed by atoms with Gasteiger partial charge in [-0.05, 0) is 43.7 Å². The van der Waals surface area contributed by atoms with Crippen LogP contribution in [0.1, 0.15) is 12.5 Å². The van der Waals surface area contributed by atoms with Crippen molar-refractivity contribution in [3.05, 3.63) is 51.8 Å². The summed E-state index contributed by atoms with van der Waals surface area (Å²) in [6, 6.07) is 8.12. The number of nitrogens with zero attached hydrogens (tertiary/aromatic N) is 2. The highest BCUT2D eigenvalue weighted by molar-refractivity contribution is 6.37. The average Bonchev–Trinajstić information content (AvgIpc) is 2.52. The number of rotatable bonds is 5. The lowest BCUT2D eigenvalue weighted by molar-refractivity contribution is 0.552. The van der Waals surface area contributed by atoms with E-state index < -0.39 is 0 Å².